The molecule has 3 rings (SSSR count). The van der Waals surface area contributed by atoms with Crippen LogP contribution in [0.15, 0.2) is 51.9 Å². The van der Waals surface area contributed by atoms with Gasteiger partial charge in [-0.05, 0) is 18.2 Å². The summed E-state index contributed by atoms with van der Waals surface area (Å²) in [5.41, 5.74) is 0.0567. The van der Waals surface area contributed by atoms with Gasteiger partial charge in [-0.1, -0.05) is 18.2 Å². The van der Waals surface area contributed by atoms with Gasteiger partial charge in [0.1, 0.15) is 5.76 Å². The molecule has 0 saturated carbocycles. The maximum absolute atomic E-state index is 11.9. The Morgan fingerprint density at radius 1 is 1.16 bits per heavy atom. The Bertz CT molecular complexity index is 946. The third-order valence-corrected chi connectivity index (χ3v) is 3.49. The fourth-order valence-corrected chi connectivity index (χ4v) is 2.29. The Morgan fingerprint density at radius 2 is 1.96 bits per heavy atom. The third-order valence-electron chi connectivity index (χ3n) is 3.49. The Balaban J connectivity index is 1.55. The van der Waals surface area contributed by atoms with Crippen LogP contribution in [0.1, 0.15) is 11.5 Å². The number of rotatable bonds is 6. The van der Waals surface area contributed by atoms with Crippen molar-refractivity contribution in [3.8, 4) is 0 Å². The highest BCUT2D eigenvalue weighted by molar-refractivity contribution is 5.87. The molecule has 25 heavy (non-hydrogen) atoms. The lowest BCUT2D eigenvalue weighted by Crippen LogP contribution is -2.28. The fourth-order valence-electron chi connectivity index (χ4n) is 2.29. The lowest BCUT2D eigenvalue weighted by molar-refractivity contribution is -0.148. The molecule has 1 aromatic carbocycles. The van der Waals surface area contributed by atoms with Crippen LogP contribution in [0.25, 0.3) is 10.8 Å². The Labute approximate surface area is 141 Å². The Kier molecular flexibility index (Phi) is 4.89. The highest BCUT2D eigenvalue weighted by Gasteiger charge is 2.13. The number of furan rings is 1. The molecule has 0 bridgehead atoms. The van der Waals surface area contributed by atoms with E-state index in [0.29, 0.717) is 22.2 Å². The van der Waals surface area contributed by atoms with Crippen molar-refractivity contribution in [2.24, 2.45) is 0 Å². The number of H-pyrrole nitrogens is 1. The van der Waals surface area contributed by atoms with Crippen molar-refractivity contribution in [2.75, 3.05) is 6.61 Å². The number of ether oxygens (including phenoxy) is 1. The average Bonchev–Trinajstić information content (AvgIpc) is 3.14. The van der Waals surface area contributed by atoms with Gasteiger partial charge in [0, 0.05) is 5.39 Å². The molecule has 2 N–H and O–H groups in total. The van der Waals surface area contributed by atoms with Gasteiger partial charge in [0.25, 0.3) is 11.5 Å². The van der Waals surface area contributed by atoms with E-state index in [1.54, 1.807) is 36.4 Å². The summed E-state index contributed by atoms with van der Waals surface area (Å²) in [5.74, 6) is -0.453. The lowest BCUT2D eigenvalue weighted by Gasteiger charge is -2.06. The van der Waals surface area contributed by atoms with Crippen LogP contribution < -0.4 is 10.9 Å². The Morgan fingerprint density at radius 3 is 2.72 bits per heavy atom. The molecule has 2 aromatic heterocycles. The van der Waals surface area contributed by atoms with Crippen LogP contribution in [0, 0.1) is 0 Å². The van der Waals surface area contributed by atoms with Gasteiger partial charge >= 0.3 is 5.97 Å². The van der Waals surface area contributed by atoms with E-state index in [2.05, 4.69) is 15.5 Å². The number of aromatic nitrogens is 2. The first-order valence-corrected chi connectivity index (χ1v) is 7.54. The van der Waals surface area contributed by atoms with Gasteiger partial charge in [0.2, 0.25) is 0 Å². The van der Waals surface area contributed by atoms with E-state index in [1.807, 2.05) is 0 Å². The maximum Gasteiger partial charge on any atom is 0.312 e. The molecule has 8 nitrogen and oxygen atoms in total. The first kappa shape index (κ1) is 16.4. The molecule has 0 aliphatic heterocycles. The number of esters is 1. The highest BCUT2D eigenvalue weighted by atomic mass is 16.5. The molecule has 0 saturated heterocycles. The van der Waals surface area contributed by atoms with Gasteiger partial charge in [-0.15, -0.1) is 0 Å². The number of nitrogens with zero attached hydrogens (tertiary/aromatic N) is 1. The lowest BCUT2D eigenvalue weighted by atomic mass is 10.1. The monoisotopic (exact) mass is 341 g/mol. The predicted octanol–water partition coefficient (Wildman–Crippen LogP) is 0.918. The van der Waals surface area contributed by atoms with Crippen molar-refractivity contribution < 1.29 is 18.7 Å². The third kappa shape index (κ3) is 4.11. The summed E-state index contributed by atoms with van der Waals surface area (Å²) in [6.07, 6.45) is 1.35. The Hall–Kier alpha value is -3.42. The molecule has 0 atom stereocenters. The molecule has 0 fully saturated rings. The minimum atomic E-state index is -0.613. The number of aromatic amines is 1. The van der Waals surface area contributed by atoms with Crippen LogP contribution in [0.3, 0.4) is 0 Å². The summed E-state index contributed by atoms with van der Waals surface area (Å²) in [4.78, 5) is 35.3. The van der Waals surface area contributed by atoms with Gasteiger partial charge in [0.05, 0.1) is 30.3 Å². The van der Waals surface area contributed by atoms with Crippen molar-refractivity contribution >= 4 is 22.6 Å². The molecular formula is C17H15N3O5. The molecule has 3 aromatic rings. The first-order valence-electron chi connectivity index (χ1n) is 7.54. The van der Waals surface area contributed by atoms with Gasteiger partial charge in [-0.2, -0.15) is 5.10 Å². The summed E-state index contributed by atoms with van der Waals surface area (Å²) in [6.45, 7) is -0.184. The summed E-state index contributed by atoms with van der Waals surface area (Å²) in [6, 6.07) is 10.3. The van der Waals surface area contributed by atoms with E-state index in [0.717, 1.165) is 0 Å². The van der Waals surface area contributed by atoms with Gasteiger partial charge in [-0.3, -0.25) is 14.4 Å². The predicted molar refractivity (Wildman–Crippen MR) is 87.6 cm³/mol. The zero-order valence-electron chi connectivity index (χ0n) is 13.2. The molecule has 0 radical (unpaired) electrons. The van der Waals surface area contributed by atoms with E-state index in [1.165, 1.54) is 6.26 Å². The molecule has 0 aliphatic carbocycles. The largest absolute Gasteiger partial charge is 0.467 e. The number of hydrogen-bond donors (Lipinski definition) is 2. The van der Waals surface area contributed by atoms with Crippen LogP contribution in [0.4, 0.5) is 0 Å². The number of carbonyl (C=O) groups excluding carboxylic acids is 2. The molecule has 2 heterocycles. The number of amides is 1. The number of carbonyl (C=O) groups is 2. The summed E-state index contributed by atoms with van der Waals surface area (Å²) in [7, 11) is 0. The second-order valence-corrected chi connectivity index (χ2v) is 5.24. The second kappa shape index (κ2) is 7.43. The minimum Gasteiger partial charge on any atom is -0.467 e. The number of fused-ring (bicyclic) bond motifs is 1. The summed E-state index contributed by atoms with van der Waals surface area (Å²) in [5, 5.41) is 9.82. The molecular weight excluding hydrogens is 326 g/mol. The number of benzene rings is 1. The van der Waals surface area contributed by atoms with E-state index in [-0.39, 0.29) is 18.5 Å². The first-order chi connectivity index (χ1) is 12.1. The normalized spacial score (nSPS) is 10.6. The van der Waals surface area contributed by atoms with Gasteiger partial charge in [0.15, 0.2) is 6.61 Å². The molecule has 128 valence electrons. The van der Waals surface area contributed by atoms with Gasteiger partial charge < -0.3 is 14.5 Å². The SMILES string of the molecule is O=C(COC(=O)Cc1n[nH]c(=O)c2ccccc12)NCc1ccco1. The molecule has 8 heteroatoms. The summed E-state index contributed by atoms with van der Waals surface area (Å²) < 4.78 is 10.0. The van der Waals surface area contributed by atoms with Crippen molar-refractivity contribution in [2.45, 2.75) is 13.0 Å². The minimum absolute atomic E-state index is 0.150. The maximum atomic E-state index is 11.9. The molecule has 0 aliphatic rings. The molecule has 0 unspecified atom stereocenters. The topological polar surface area (TPSA) is 114 Å². The van der Waals surface area contributed by atoms with E-state index in [9.17, 15) is 14.4 Å². The molecule has 0 spiro atoms. The standard InChI is InChI=1S/C17H15N3O5/c21-15(18-9-11-4-3-7-24-11)10-25-16(22)8-14-12-5-1-2-6-13(12)17(23)20-19-14/h1-7H,8-10H2,(H,18,21)(H,20,23). The van der Waals surface area contributed by atoms with Crippen LogP contribution in [-0.4, -0.2) is 28.7 Å². The highest BCUT2D eigenvalue weighted by Crippen LogP contribution is 2.13. The second-order valence-electron chi connectivity index (χ2n) is 5.24. The summed E-state index contributed by atoms with van der Waals surface area (Å²) >= 11 is 0. The zero-order chi connectivity index (χ0) is 17.6. The zero-order valence-corrected chi connectivity index (χ0v) is 13.2. The quantitative estimate of drug-likeness (QED) is 0.644. The van der Waals surface area contributed by atoms with Crippen LogP contribution >= 0.6 is 0 Å². The van der Waals surface area contributed by atoms with Crippen molar-refractivity contribution in [1.29, 1.82) is 0 Å². The van der Waals surface area contributed by atoms with E-state index >= 15 is 0 Å². The van der Waals surface area contributed by atoms with Crippen LogP contribution in [-0.2, 0) is 27.3 Å². The number of nitrogens with one attached hydrogen (secondary N) is 2. The smallest absolute Gasteiger partial charge is 0.312 e. The van der Waals surface area contributed by atoms with E-state index in [4.69, 9.17) is 9.15 Å². The van der Waals surface area contributed by atoms with Crippen molar-refractivity contribution in [3.05, 3.63) is 64.5 Å². The average molecular weight is 341 g/mol. The van der Waals surface area contributed by atoms with Crippen molar-refractivity contribution in [3.63, 3.8) is 0 Å². The van der Waals surface area contributed by atoms with Crippen LogP contribution in [0.5, 0.6) is 0 Å². The van der Waals surface area contributed by atoms with Crippen LogP contribution in [0.2, 0.25) is 0 Å². The van der Waals surface area contributed by atoms with E-state index < -0.39 is 18.5 Å². The fraction of sp³-hybridized carbons (Fsp3) is 0.176. The van der Waals surface area contributed by atoms with Crippen molar-refractivity contribution in [1.82, 2.24) is 15.5 Å². The van der Waals surface area contributed by atoms with Gasteiger partial charge in [-0.25, -0.2) is 5.10 Å². The number of hydrogen-bond acceptors (Lipinski definition) is 6. The molecule has 1 amide bonds.